The monoisotopic (exact) mass is 239 g/mol. The number of hydrogen-bond donors (Lipinski definition) is 2. The van der Waals surface area contributed by atoms with E-state index in [-0.39, 0.29) is 5.82 Å². The fraction of sp³-hybridized carbons (Fsp3) is 0.182. The van der Waals surface area contributed by atoms with Gasteiger partial charge in [0.25, 0.3) is 0 Å². The van der Waals surface area contributed by atoms with Gasteiger partial charge in [-0.25, -0.2) is 4.39 Å². The van der Waals surface area contributed by atoms with E-state index in [0.29, 0.717) is 22.8 Å². The maximum atomic E-state index is 13.6. The number of aromatic amines is 1. The minimum atomic E-state index is -0.356. The van der Waals surface area contributed by atoms with Crippen molar-refractivity contribution in [3.63, 3.8) is 0 Å². The summed E-state index contributed by atoms with van der Waals surface area (Å²) in [4.78, 5) is 0. The fourth-order valence-corrected chi connectivity index (χ4v) is 1.78. The number of H-pyrrole nitrogens is 1. The number of benzene rings is 1. The third kappa shape index (κ3) is 1.81. The molecule has 2 rings (SSSR count). The lowest BCUT2D eigenvalue weighted by molar-refractivity contribution is 0.630. The third-order valence-corrected chi connectivity index (χ3v) is 2.70. The quantitative estimate of drug-likeness (QED) is 0.847. The van der Waals surface area contributed by atoms with Crippen LogP contribution in [-0.2, 0) is 6.54 Å². The predicted octanol–water partition coefficient (Wildman–Crippen LogP) is 2.64. The lowest BCUT2D eigenvalue weighted by Crippen LogP contribution is -1.99. The molecule has 3 N–H and O–H groups in total. The minimum absolute atomic E-state index is 0.309. The van der Waals surface area contributed by atoms with Crippen LogP contribution in [-0.4, -0.2) is 10.2 Å². The molecule has 2 aromatic rings. The molecule has 1 heterocycles. The highest BCUT2D eigenvalue weighted by atomic mass is 35.5. The zero-order valence-electron chi connectivity index (χ0n) is 8.72. The fourth-order valence-electron chi connectivity index (χ4n) is 1.60. The summed E-state index contributed by atoms with van der Waals surface area (Å²) in [5, 5.41) is 7.32. The second-order valence-corrected chi connectivity index (χ2v) is 3.94. The maximum Gasteiger partial charge on any atom is 0.132 e. The van der Waals surface area contributed by atoms with Crippen molar-refractivity contribution in [2.45, 2.75) is 13.5 Å². The average molecular weight is 240 g/mol. The summed E-state index contributed by atoms with van der Waals surface area (Å²) in [6.07, 6.45) is 0. The molecule has 0 aliphatic carbocycles. The zero-order chi connectivity index (χ0) is 11.7. The Bertz CT molecular complexity index is 522. The molecule has 0 bridgehead atoms. The number of aryl methyl sites for hydroxylation is 1. The molecule has 0 radical (unpaired) electrons. The van der Waals surface area contributed by atoms with Gasteiger partial charge in [-0.2, -0.15) is 5.10 Å². The van der Waals surface area contributed by atoms with E-state index in [1.54, 1.807) is 6.07 Å². The van der Waals surface area contributed by atoms with E-state index >= 15 is 0 Å². The summed E-state index contributed by atoms with van der Waals surface area (Å²) in [7, 11) is 0. The number of halogens is 2. The van der Waals surface area contributed by atoms with Crippen molar-refractivity contribution >= 4 is 11.6 Å². The molecule has 84 valence electrons. The van der Waals surface area contributed by atoms with Crippen molar-refractivity contribution in [2.75, 3.05) is 0 Å². The maximum absolute atomic E-state index is 13.6. The van der Waals surface area contributed by atoms with E-state index in [4.69, 9.17) is 17.3 Å². The topological polar surface area (TPSA) is 54.7 Å². The molecule has 0 atom stereocenters. The minimum Gasteiger partial charge on any atom is -0.326 e. The number of rotatable bonds is 2. The molecule has 1 aromatic heterocycles. The molecular formula is C11H11ClFN3. The molecule has 0 aliphatic rings. The Morgan fingerprint density at radius 2 is 2.25 bits per heavy atom. The van der Waals surface area contributed by atoms with Crippen molar-refractivity contribution in [3.05, 3.63) is 40.3 Å². The molecule has 0 spiro atoms. The van der Waals surface area contributed by atoms with Crippen LogP contribution in [0.15, 0.2) is 18.2 Å². The molecular weight excluding hydrogens is 229 g/mol. The second kappa shape index (κ2) is 4.23. The Balaban J connectivity index is 2.62. The zero-order valence-corrected chi connectivity index (χ0v) is 9.48. The third-order valence-electron chi connectivity index (χ3n) is 2.46. The van der Waals surface area contributed by atoms with E-state index in [1.807, 2.05) is 6.92 Å². The van der Waals surface area contributed by atoms with Gasteiger partial charge in [0.2, 0.25) is 0 Å². The van der Waals surface area contributed by atoms with Crippen LogP contribution >= 0.6 is 11.6 Å². The van der Waals surface area contributed by atoms with Crippen LogP contribution in [0.5, 0.6) is 0 Å². The SMILES string of the molecule is Cc1[nH]nc(-c2cc(Cl)ccc2F)c1CN. The standard InChI is InChI=1S/C11H11ClFN3/c1-6-9(5-14)11(16-15-6)8-4-7(12)2-3-10(8)13/h2-4H,5,14H2,1H3,(H,15,16). The largest absolute Gasteiger partial charge is 0.326 e. The molecule has 1 aromatic carbocycles. The number of nitrogens with two attached hydrogens (primary N) is 1. The van der Waals surface area contributed by atoms with Crippen molar-refractivity contribution < 1.29 is 4.39 Å². The Labute approximate surface area is 97.4 Å². The first-order chi connectivity index (χ1) is 7.63. The van der Waals surface area contributed by atoms with Gasteiger partial charge >= 0.3 is 0 Å². The van der Waals surface area contributed by atoms with Crippen LogP contribution in [0.1, 0.15) is 11.3 Å². The first kappa shape index (κ1) is 11.1. The molecule has 3 nitrogen and oxygen atoms in total. The lowest BCUT2D eigenvalue weighted by atomic mass is 10.1. The molecule has 0 saturated carbocycles. The van der Waals surface area contributed by atoms with Crippen LogP contribution in [0.2, 0.25) is 5.02 Å². The smallest absolute Gasteiger partial charge is 0.132 e. The first-order valence-corrected chi connectivity index (χ1v) is 5.20. The molecule has 0 unspecified atom stereocenters. The van der Waals surface area contributed by atoms with Gasteiger partial charge < -0.3 is 5.73 Å². The van der Waals surface area contributed by atoms with Crippen molar-refractivity contribution in [3.8, 4) is 11.3 Å². The summed E-state index contributed by atoms with van der Waals surface area (Å²) >= 11 is 5.83. The Hall–Kier alpha value is -1.39. The summed E-state index contributed by atoms with van der Waals surface area (Å²) < 4.78 is 13.6. The van der Waals surface area contributed by atoms with Crippen molar-refractivity contribution in [1.29, 1.82) is 0 Å². The molecule has 16 heavy (non-hydrogen) atoms. The van der Waals surface area contributed by atoms with Gasteiger partial charge in [-0.05, 0) is 25.1 Å². The van der Waals surface area contributed by atoms with E-state index in [2.05, 4.69) is 10.2 Å². The number of hydrogen-bond acceptors (Lipinski definition) is 2. The highest BCUT2D eigenvalue weighted by Gasteiger charge is 2.14. The number of nitrogens with one attached hydrogen (secondary N) is 1. The van der Waals surface area contributed by atoms with E-state index in [1.165, 1.54) is 12.1 Å². The first-order valence-electron chi connectivity index (χ1n) is 4.83. The summed E-state index contributed by atoms with van der Waals surface area (Å²) in [5.74, 6) is -0.356. The van der Waals surface area contributed by atoms with Gasteiger partial charge in [0.15, 0.2) is 0 Å². The van der Waals surface area contributed by atoms with Crippen LogP contribution < -0.4 is 5.73 Å². The summed E-state index contributed by atoms with van der Waals surface area (Å²) in [6.45, 7) is 2.16. The van der Waals surface area contributed by atoms with Gasteiger partial charge in [-0.1, -0.05) is 11.6 Å². The van der Waals surface area contributed by atoms with Crippen LogP contribution in [0.4, 0.5) is 4.39 Å². The normalized spacial score (nSPS) is 10.8. The summed E-state index contributed by atoms with van der Waals surface area (Å²) in [5.41, 5.74) is 8.16. The number of nitrogens with zero attached hydrogens (tertiary/aromatic N) is 1. The Kier molecular flexibility index (Phi) is 2.94. The van der Waals surface area contributed by atoms with Crippen LogP contribution in [0.25, 0.3) is 11.3 Å². The van der Waals surface area contributed by atoms with Crippen molar-refractivity contribution in [2.24, 2.45) is 5.73 Å². The van der Waals surface area contributed by atoms with E-state index in [9.17, 15) is 4.39 Å². The lowest BCUT2D eigenvalue weighted by Gasteiger charge is -2.03. The predicted molar refractivity (Wildman–Crippen MR) is 61.6 cm³/mol. The molecule has 0 fully saturated rings. The van der Waals surface area contributed by atoms with Gasteiger partial charge in [0.1, 0.15) is 5.82 Å². The average Bonchev–Trinajstić information content (AvgIpc) is 2.63. The van der Waals surface area contributed by atoms with Gasteiger partial charge in [-0.3, -0.25) is 5.10 Å². The van der Waals surface area contributed by atoms with Gasteiger partial charge in [-0.15, -0.1) is 0 Å². The Morgan fingerprint density at radius 1 is 1.50 bits per heavy atom. The summed E-state index contributed by atoms with van der Waals surface area (Å²) in [6, 6.07) is 4.37. The molecule has 0 aliphatic heterocycles. The van der Waals surface area contributed by atoms with Crippen LogP contribution in [0, 0.1) is 12.7 Å². The highest BCUT2D eigenvalue weighted by Crippen LogP contribution is 2.28. The molecule has 5 heteroatoms. The van der Waals surface area contributed by atoms with E-state index < -0.39 is 0 Å². The van der Waals surface area contributed by atoms with Gasteiger partial charge in [0.05, 0.1) is 5.69 Å². The second-order valence-electron chi connectivity index (χ2n) is 3.50. The number of aromatic nitrogens is 2. The highest BCUT2D eigenvalue weighted by molar-refractivity contribution is 6.30. The Morgan fingerprint density at radius 3 is 2.94 bits per heavy atom. The molecule has 0 saturated heterocycles. The van der Waals surface area contributed by atoms with E-state index in [0.717, 1.165) is 11.3 Å². The van der Waals surface area contributed by atoms with Crippen molar-refractivity contribution in [1.82, 2.24) is 10.2 Å². The van der Waals surface area contributed by atoms with Gasteiger partial charge in [0, 0.05) is 28.4 Å². The molecule has 0 amide bonds. The van der Waals surface area contributed by atoms with Crippen LogP contribution in [0.3, 0.4) is 0 Å².